The van der Waals surface area contributed by atoms with E-state index in [0.717, 1.165) is 49.9 Å². The summed E-state index contributed by atoms with van der Waals surface area (Å²) in [6, 6.07) is 53.7. The van der Waals surface area contributed by atoms with Crippen LogP contribution in [0.15, 0.2) is 156 Å². The van der Waals surface area contributed by atoms with Gasteiger partial charge in [0.25, 0.3) is 0 Å². The van der Waals surface area contributed by atoms with Gasteiger partial charge in [-0.3, -0.25) is 4.98 Å². The summed E-state index contributed by atoms with van der Waals surface area (Å²) in [4.78, 5) is 13.4. The number of hydrogen-bond acceptors (Lipinski definition) is 4. The molecule has 4 heterocycles. The molecule has 0 N–H and O–H groups in total. The number of para-hydroxylation sites is 2. The molecule has 10 aromatic rings. The Bertz CT molecular complexity index is 3560. The van der Waals surface area contributed by atoms with Crippen molar-refractivity contribution >= 4 is 46.2 Å². The maximum absolute atomic E-state index is 8.23. The van der Waals surface area contributed by atoms with Crippen molar-refractivity contribution in [2.75, 3.05) is 0 Å². The zero-order chi connectivity index (χ0) is 52.2. The molecule has 4 aromatic heterocycles. The first-order valence-corrected chi connectivity index (χ1v) is 27.1. The standard InChI is InChI=1S/C46H43N2OSi.C16H19N2.Ir/c1-29(2)39-26-34(32-20-23-35(24-21-32)50(5,6)7)27-40(30(3)4)44(39)48-42-19-12-11-18-41(42)47-46(48)38-17-13-16-37-36-25-22-33(28-43(36)49-45(37)38)31-14-9-8-10-15-31;1-12-5-7-14(11-17-12)15-8-6-13(10-18-15)9-16(2,3)4;/h8-16,18-30H,1-7H3;5-8,10H,9H2,1-4H3;/q2*-1;/i;1D3,9D2;. The zero-order valence-corrected chi connectivity index (χ0v) is 44.5. The second-order valence-electron chi connectivity index (χ2n) is 20.3. The Morgan fingerprint density at radius 1 is 0.725 bits per heavy atom. The minimum atomic E-state index is -2.25. The predicted octanol–water partition coefficient (Wildman–Crippen LogP) is 16.4. The number of furan rings is 1. The van der Waals surface area contributed by atoms with Crippen molar-refractivity contribution in [2.45, 2.75) is 93.2 Å². The summed E-state index contributed by atoms with van der Waals surface area (Å²) >= 11 is 0. The molecule has 6 aromatic carbocycles. The first-order valence-electron chi connectivity index (χ1n) is 26.1. The van der Waals surface area contributed by atoms with E-state index in [-0.39, 0.29) is 37.6 Å². The van der Waals surface area contributed by atoms with E-state index in [1.165, 1.54) is 51.0 Å². The Labute approximate surface area is 430 Å². The molecule has 0 bridgehead atoms. The molecule has 351 valence electrons. The van der Waals surface area contributed by atoms with Crippen molar-refractivity contribution in [1.29, 1.82) is 0 Å². The van der Waals surface area contributed by atoms with Crippen LogP contribution in [0.1, 0.15) is 89.5 Å². The van der Waals surface area contributed by atoms with Gasteiger partial charge in [0, 0.05) is 44.2 Å². The Kier molecular flexibility index (Phi) is 12.4. The number of rotatable bonds is 9. The molecule has 0 unspecified atom stereocenters. The van der Waals surface area contributed by atoms with Gasteiger partial charge in [-0.1, -0.05) is 182 Å². The Hall–Kier alpha value is -6.24. The minimum absolute atomic E-state index is 0. The Balaban J connectivity index is 0.000000256. The van der Waals surface area contributed by atoms with Gasteiger partial charge in [-0.05, 0) is 110 Å². The van der Waals surface area contributed by atoms with E-state index in [0.29, 0.717) is 16.8 Å². The number of hydrogen-bond donors (Lipinski definition) is 0. The molecule has 0 amide bonds. The maximum Gasteiger partial charge on any atom is 0.121 e. The monoisotopic (exact) mass is 1100 g/mol. The van der Waals surface area contributed by atoms with Gasteiger partial charge in [-0.25, -0.2) is 0 Å². The van der Waals surface area contributed by atoms with Crippen LogP contribution in [0.25, 0.3) is 83.6 Å². The first-order chi connectivity index (χ1) is 34.5. The average Bonchev–Trinajstić information content (AvgIpc) is 3.94. The van der Waals surface area contributed by atoms with Crippen LogP contribution in [0.4, 0.5) is 0 Å². The van der Waals surface area contributed by atoms with Crippen LogP contribution < -0.4 is 5.19 Å². The van der Waals surface area contributed by atoms with Crippen LogP contribution in [0.2, 0.25) is 19.6 Å². The maximum atomic E-state index is 8.23. The molecule has 0 aliphatic carbocycles. The van der Waals surface area contributed by atoms with Gasteiger partial charge in [0.1, 0.15) is 5.58 Å². The quantitative estimate of drug-likeness (QED) is 0.107. The summed E-state index contributed by atoms with van der Waals surface area (Å²) in [6.45, 7) is 19.7. The van der Waals surface area contributed by atoms with Gasteiger partial charge in [0.15, 0.2) is 0 Å². The molecule has 0 spiro atoms. The molecular formula is C62H62IrN4OSi-2. The van der Waals surface area contributed by atoms with E-state index in [1.807, 2.05) is 32.9 Å². The van der Waals surface area contributed by atoms with Gasteiger partial charge in [0.2, 0.25) is 0 Å². The van der Waals surface area contributed by atoms with Crippen LogP contribution in [0, 0.1) is 24.5 Å². The Morgan fingerprint density at radius 3 is 2.03 bits per heavy atom. The molecular weight excluding hydrogens is 1040 g/mol. The molecule has 0 fully saturated rings. The molecule has 7 heteroatoms. The van der Waals surface area contributed by atoms with E-state index in [9.17, 15) is 0 Å². The van der Waals surface area contributed by atoms with E-state index < -0.39 is 26.7 Å². The van der Waals surface area contributed by atoms with E-state index in [1.54, 1.807) is 18.2 Å². The minimum Gasteiger partial charge on any atom is -0.501 e. The van der Waals surface area contributed by atoms with E-state index in [4.69, 9.17) is 16.3 Å². The van der Waals surface area contributed by atoms with E-state index in [2.05, 4.69) is 183 Å². The van der Waals surface area contributed by atoms with Crippen molar-refractivity contribution in [3.05, 3.63) is 186 Å². The van der Waals surface area contributed by atoms with Crippen molar-refractivity contribution in [3.8, 4) is 50.6 Å². The summed E-state index contributed by atoms with van der Waals surface area (Å²) in [5.41, 5.74) is 14.3. The van der Waals surface area contributed by atoms with Crippen LogP contribution in [-0.4, -0.2) is 27.6 Å². The van der Waals surface area contributed by atoms with Crippen LogP contribution in [-0.2, 0) is 26.5 Å². The van der Waals surface area contributed by atoms with Gasteiger partial charge in [-0.2, -0.15) is 0 Å². The van der Waals surface area contributed by atoms with Crippen molar-refractivity contribution < 1.29 is 31.4 Å². The van der Waals surface area contributed by atoms with E-state index >= 15 is 0 Å². The first kappa shape index (κ1) is 42.8. The fourth-order valence-electron chi connectivity index (χ4n) is 8.85. The van der Waals surface area contributed by atoms with Gasteiger partial charge >= 0.3 is 0 Å². The van der Waals surface area contributed by atoms with Crippen molar-refractivity contribution in [3.63, 3.8) is 0 Å². The summed E-state index contributed by atoms with van der Waals surface area (Å²) in [5.74, 6) is 1.40. The molecule has 10 rings (SSSR count). The predicted molar refractivity (Wildman–Crippen MR) is 289 cm³/mol. The smallest absolute Gasteiger partial charge is 0.121 e. The molecule has 0 atom stereocenters. The number of imidazole rings is 1. The SMILES string of the molecule is CC(C)c1cc(-c2ccc([Si](C)(C)C)cc2)cc(C(C)C)c1-n1c(-c2[c-]ccc3c2oc2cc(-c4ccccc4)ccc23)nc2ccccc21.[2H]C([2H])([2H])c1ccc(-c2ccc(C([2H])([2H])C(C)(C)C)cn2)[c-]n1.[Ir]. The van der Waals surface area contributed by atoms with Gasteiger partial charge < -0.3 is 19.0 Å². The second-order valence-corrected chi connectivity index (χ2v) is 25.4. The van der Waals surface area contributed by atoms with Crippen molar-refractivity contribution in [2.24, 2.45) is 5.41 Å². The fraction of sp³-hybridized carbons (Fsp3) is 0.242. The molecule has 0 aliphatic rings. The third kappa shape index (κ3) is 10.5. The zero-order valence-electron chi connectivity index (χ0n) is 46.1. The number of pyridine rings is 2. The van der Waals surface area contributed by atoms with Gasteiger partial charge in [-0.15, -0.1) is 35.9 Å². The normalized spacial score (nSPS) is 13.4. The third-order valence-electron chi connectivity index (χ3n) is 12.3. The Morgan fingerprint density at radius 2 is 1.41 bits per heavy atom. The number of aromatic nitrogens is 4. The number of benzene rings is 6. The van der Waals surface area contributed by atoms with Crippen LogP contribution in [0.3, 0.4) is 0 Å². The summed E-state index contributed by atoms with van der Waals surface area (Å²) in [5, 5.41) is 3.64. The molecule has 0 saturated carbocycles. The van der Waals surface area contributed by atoms with Crippen LogP contribution >= 0.6 is 0 Å². The fourth-order valence-corrected chi connectivity index (χ4v) is 10.0. The molecule has 5 nitrogen and oxygen atoms in total. The molecule has 0 aliphatic heterocycles. The number of fused-ring (bicyclic) bond motifs is 4. The van der Waals surface area contributed by atoms with Crippen molar-refractivity contribution in [1.82, 2.24) is 19.5 Å². The average molecular weight is 1100 g/mol. The summed E-state index contributed by atoms with van der Waals surface area (Å²) in [7, 11) is -1.40. The van der Waals surface area contributed by atoms with Gasteiger partial charge in [0.05, 0.1) is 30.5 Å². The third-order valence-corrected chi connectivity index (χ3v) is 14.4. The largest absolute Gasteiger partial charge is 0.501 e. The molecule has 0 saturated heterocycles. The number of aryl methyl sites for hydroxylation is 1. The summed E-state index contributed by atoms with van der Waals surface area (Å²) in [6.07, 6.45) is 2.68. The second kappa shape index (κ2) is 20.0. The topological polar surface area (TPSA) is 56.7 Å². The molecule has 69 heavy (non-hydrogen) atoms. The summed E-state index contributed by atoms with van der Waals surface area (Å²) < 4.78 is 47.5. The molecule has 1 radical (unpaired) electrons. The number of nitrogens with zero attached hydrogens (tertiary/aromatic N) is 4. The van der Waals surface area contributed by atoms with Crippen LogP contribution in [0.5, 0.6) is 0 Å².